The molecule has 0 unspecified atom stereocenters. The molecule has 22 heavy (non-hydrogen) atoms. The van der Waals surface area contributed by atoms with Crippen LogP contribution < -0.4 is 10.3 Å². The fourth-order valence-electron chi connectivity index (χ4n) is 2.89. The van der Waals surface area contributed by atoms with Gasteiger partial charge in [-0.05, 0) is 36.6 Å². The molecule has 1 N–H and O–H groups in total. The van der Waals surface area contributed by atoms with Gasteiger partial charge in [-0.2, -0.15) is 0 Å². The number of nitrogens with zero attached hydrogens (tertiary/aromatic N) is 1. The molecule has 2 aromatic rings. The molecule has 1 aromatic heterocycles. The number of carbonyl (C=O) groups is 1. The minimum Gasteiger partial charge on any atom is -0.497 e. The fourth-order valence-corrected chi connectivity index (χ4v) is 2.89. The number of nitrogens with one attached hydrogen (secondary N) is 1. The van der Waals surface area contributed by atoms with Crippen molar-refractivity contribution in [3.05, 3.63) is 64.1 Å². The van der Waals surface area contributed by atoms with Crippen LogP contribution in [0.5, 0.6) is 5.75 Å². The van der Waals surface area contributed by atoms with Crippen molar-refractivity contribution < 1.29 is 9.53 Å². The van der Waals surface area contributed by atoms with Gasteiger partial charge in [-0.25, -0.2) is 0 Å². The molecule has 1 aliphatic heterocycles. The smallest absolute Gasteiger partial charge is 0.255 e. The molecule has 0 bridgehead atoms. The van der Waals surface area contributed by atoms with Gasteiger partial charge in [0.25, 0.3) is 5.91 Å². The lowest BCUT2D eigenvalue weighted by atomic mass is 10.0. The lowest BCUT2D eigenvalue weighted by Gasteiger charge is -2.25. The molecule has 1 atom stereocenters. The van der Waals surface area contributed by atoms with E-state index in [2.05, 4.69) is 4.98 Å². The molecule has 0 spiro atoms. The van der Waals surface area contributed by atoms with Crippen molar-refractivity contribution in [3.63, 3.8) is 0 Å². The van der Waals surface area contributed by atoms with Crippen molar-refractivity contribution in [2.24, 2.45) is 0 Å². The normalized spacial score (nSPS) is 17.5. The number of likely N-dealkylation sites (tertiary alicyclic amines) is 1. The van der Waals surface area contributed by atoms with E-state index in [1.54, 1.807) is 13.2 Å². The van der Waals surface area contributed by atoms with E-state index < -0.39 is 0 Å². The molecule has 5 heteroatoms. The van der Waals surface area contributed by atoms with Crippen molar-refractivity contribution in [3.8, 4) is 5.75 Å². The van der Waals surface area contributed by atoms with Gasteiger partial charge in [0.1, 0.15) is 5.75 Å². The van der Waals surface area contributed by atoms with Crippen LogP contribution in [0.25, 0.3) is 0 Å². The highest BCUT2D eigenvalue weighted by molar-refractivity contribution is 5.94. The van der Waals surface area contributed by atoms with Gasteiger partial charge in [-0.1, -0.05) is 12.1 Å². The van der Waals surface area contributed by atoms with Gasteiger partial charge in [0, 0.05) is 18.8 Å². The van der Waals surface area contributed by atoms with E-state index in [1.165, 1.54) is 12.3 Å². The number of aromatic amines is 1. The third-order valence-corrected chi connectivity index (χ3v) is 4.05. The summed E-state index contributed by atoms with van der Waals surface area (Å²) in [6, 6.07) is 10.9. The molecule has 5 nitrogen and oxygen atoms in total. The van der Waals surface area contributed by atoms with E-state index in [4.69, 9.17) is 4.74 Å². The number of pyridine rings is 1. The number of carbonyl (C=O) groups excluding carboxylic acids is 1. The molecule has 1 aromatic carbocycles. The van der Waals surface area contributed by atoms with Gasteiger partial charge < -0.3 is 14.6 Å². The molecule has 1 saturated heterocycles. The highest BCUT2D eigenvalue weighted by Gasteiger charge is 2.30. The Morgan fingerprint density at radius 2 is 2.00 bits per heavy atom. The van der Waals surface area contributed by atoms with Crippen LogP contribution in [-0.4, -0.2) is 29.4 Å². The molecule has 114 valence electrons. The Morgan fingerprint density at radius 3 is 2.64 bits per heavy atom. The topological polar surface area (TPSA) is 62.4 Å². The van der Waals surface area contributed by atoms with Crippen LogP contribution in [0.3, 0.4) is 0 Å². The first-order chi connectivity index (χ1) is 10.7. The van der Waals surface area contributed by atoms with Gasteiger partial charge >= 0.3 is 0 Å². The van der Waals surface area contributed by atoms with Gasteiger partial charge in [-0.3, -0.25) is 9.59 Å². The number of benzene rings is 1. The zero-order valence-corrected chi connectivity index (χ0v) is 12.4. The second-order valence-corrected chi connectivity index (χ2v) is 5.37. The minimum atomic E-state index is -0.204. The van der Waals surface area contributed by atoms with E-state index in [1.807, 2.05) is 29.2 Å². The number of amides is 1. The summed E-state index contributed by atoms with van der Waals surface area (Å²) in [4.78, 5) is 28.2. The number of hydrogen-bond acceptors (Lipinski definition) is 3. The maximum Gasteiger partial charge on any atom is 0.255 e. The molecule has 1 fully saturated rings. The second-order valence-electron chi connectivity index (χ2n) is 5.37. The minimum absolute atomic E-state index is 0.0467. The number of H-pyrrole nitrogens is 1. The summed E-state index contributed by atoms with van der Waals surface area (Å²) >= 11 is 0. The molecule has 0 radical (unpaired) electrons. The maximum absolute atomic E-state index is 12.6. The van der Waals surface area contributed by atoms with E-state index in [-0.39, 0.29) is 17.5 Å². The van der Waals surface area contributed by atoms with Crippen LogP contribution in [0.4, 0.5) is 0 Å². The van der Waals surface area contributed by atoms with E-state index in [0.717, 1.165) is 30.7 Å². The van der Waals surface area contributed by atoms with Crippen molar-refractivity contribution in [2.75, 3.05) is 13.7 Å². The quantitative estimate of drug-likeness (QED) is 0.946. The number of methoxy groups -OCH3 is 1. The first-order valence-electron chi connectivity index (χ1n) is 7.32. The Labute approximate surface area is 128 Å². The van der Waals surface area contributed by atoms with Crippen molar-refractivity contribution >= 4 is 5.91 Å². The van der Waals surface area contributed by atoms with Gasteiger partial charge in [0.2, 0.25) is 5.56 Å². The van der Waals surface area contributed by atoms with Crippen LogP contribution in [-0.2, 0) is 0 Å². The van der Waals surface area contributed by atoms with Crippen LogP contribution in [0.15, 0.2) is 47.4 Å². The molecule has 1 aliphatic rings. The van der Waals surface area contributed by atoms with Gasteiger partial charge in [0.05, 0.1) is 18.7 Å². The highest BCUT2D eigenvalue weighted by Crippen LogP contribution is 2.33. The predicted octanol–water partition coefficient (Wildman–Crippen LogP) is 2.36. The fraction of sp³-hybridized carbons (Fsp3) is 0.294. The highest BCUT2D eigenvalue weighted by atomic mass is 16.5. The largest absolute Gasteiger partial charge is 0.497 e. The van der Waals surface area contributed by atoms with Crippen LogP contribution in [0.2, 0.25) is 0 Å². The third-order valence-electron chi connectivity index (χ3n) is 4.05. The summed E-state index contributed by atoms with van der Waals surface area (Å²) in [5.74, 6) is 0.759. The number of hydrogen-bond donors (Lipinski definition) is 1. The summed E-state index contributed by atoms with van der Waals surface area (Å²) in [5, 5.41) is 0. The second kappa shape index (κ2) is 6.05. The lowest BCUT2D eigenvalue weighted by Crippen LogP contribution is -2.31. The Bertz CT molecular complexity index is 701. The van der Waals surface area contributed by atoms with E-state index >= 15 is 0 Å². The van der Waals surface area contributed by atoms with Gasteiger partial charge in [-0.15, -0.1) is 0 Å². The summed E-state index contributed by atoms with van der Waals surface area (Å²) in [5.41, 5.74) is 1.42. The Balaban J connectivity index is 1.84. The average molecular weight is 298 g/mol. The molecular weight excluding hydrogens is 280 g/mol. The first kappa shape index (κ1) is 14.4. The number of aromatic nitrogens is 1. The van der Waals surface area contributed by atoms with Crippen LogP contribution in [0.1, 0.15) is 34.8 Å². The van der Waals surface area contributed by atoms with E-state index in [0.29, 0.717) is 5.56 Å². The summed E-state index contributed by atoms with van der Waals surface area (Å²) in [6.45, 7) is 0.731. The summed E-state index contributed by atoms with van der Waals surface area (Å²) < 4.78 is 5.17. The SMILES string of the molecule is COc1ccc([C@@H]2CCCN2C(=O)c2ccc(=O)[nH]c2)cc1. The standard InChI is InChI=1S/C17H18N2O3/c1-22-14-7-4-12(5-8-14)15-3-2-10-19(15)17(21)13-6-9-16(20)18-11-13/h4-9,11,15H,2-3,10H2,1H3,(H,18,20)/t15-/m0/s1. The Kier molecular flexibility index (Phi) is 3.96. The van der Waals surface area contributed by atoms with Crippen molar-refractivity contribution in [2.45, 2.75) is 18.9 Å². The molecule has 3 rings (SSSR count). The monoisotopic (exact) mass is 298 g/mol. The van der Waals surface area contributed by atoms with Crippen LogP contribution >= 0.6 is 0 Å². The number of ether oxygens (including phenoxy) is 1. The first-order valence-corrected chi connectivity index (χ1v) is 7.32. The van der Waals surface area contributed by atoms with E-state index in [9.17, 15) is 9.59 Å². The lowest BCUT2D eigenvalue weighted by molar-refractivity contribution is 0.0735. The molecule has 2 heterocycles. The van der Waals surface area contributed by atoms with Crippen molar-refractivity contribution in [1.82, 2.24) is 9.88 Å². The Morgan fingerprint density at radius 1 is 1.23 bits per heavy atom. The predicted molar refractivity (Wildman–Crippen MR) is 83.1 cm³/mol. The summed E-state index contributed by atoms with van der Waals surface area (Å²) in [7, 11) is 1.64. The third kappa shape index (κ3) is 2.74. The average Bonchev–Trinajstić information content (AvgIpc) is 3.04. The zero-order chi connectivity index (χ0) is 15.5. The molecule has 0 aliphatic carbocycles. The van der Waals surface area contributed by atoms with Crippen LogP contribution in [0, 0.1) is 0 Å². The van der Waals surface area contributed by atoms with Gasteiger partial charge in [0.15, 0.2) is 0 Å². The molecule has 1 amide bonds. The zero-order valence-electron chi connectivity index (χ0n) is 12.4. The molecule has 0 saturated carbocycles. The molecular formula is C17H18N2O3. The summed E-state index contributed by atoms with van der Waals surface area (Å²) in [6.07, 6.45) is 3.40. The Hall–Kier alpha value is -2.56. The number of rotatable bonds is 3. The maximum atomic E-state index is 12.6. The van der Waals surface area contributed by atoms with Crippen molar-refractivity contribution in [1.29, 1.82) is 0 Å².